The van der Waals surface area contributed by atoms with E-state index < -0.39 is 5.60 Å². The Morgan fingerprint density at radius 3 is 2.88 bits per heavy atom. The van der Waals surface area contributed by atoms with Crippen LogP contribution in [0.4, 0.5) is 0 Å². The molecule has 0 saturated carbocycles. The van der Waals surface area contributed by atoms with E-state index >= 15 is 0 Å². The number of hydrogen-bond acceptors (Lipinski definition) is 2. The van der Waals surface area contributed by atoms with Crippen LogP contribution >= 0.6 is 11.6 Å². The molecule has 2 nitrogen and oxygen atoms in total. The van der Waals surface area contributed by atoms with Gasteiger partial charge in [-0.1, -0.05) is 30.7 Å². The summed E-state index contributed by atoms with van der Waals surface area (Å²) >= 11 is 6.12. The summed E-state index contributed by atoms with van der Waals surface area (Å²) in [6.07, 6.45) is 0.744. The Hall–Kier alpha value is -0.570. The van der Waals surface area contributed by atoms with Gasteiger partial charge in [0, 0.05) is 17.5 Å². The molecule has 0 radical (unpaired) electrons. The van der Waals surface area contributed by atoms with Crippen LogP contribution in [0.3, 0.4) is 0 Å². The van der Waals surface area contributed by atoms with Crippen LogP contribution in [0.25, 0.3) is 0 Å². The van der Waals surface area contributed by atoms with Crippen molar-refractivity contribution in [2.75, 3.05) is 13.1 Å². The molecular formula is C13H18ClNO. The average molecular weight is 240 g/mol. The van der Waals surface area contributed by atoms with Gasteiger partial charge in [0.1, 0.15) is 0 Å². The number of aryl methyl sites for hydroxylation is 1. The molecule has 0 bridgehead atoms. The highest BCUT2D eigenvalue weighted by molar-refractivity contribution is 6.31. The van der Waals surface area contributed by atoms with E-state index in [9.17, 15) is 5.11 Å². The van der Waals surface area contributed by atoms with Crippen LogP contribution in [-0.4, -0.2) is 18.2 Å². The van der Waals surface area contributed by atoms with Crippen molar-refractivity contribution in [2.24, 2.45) is 5.92 Å². The molecule has 3 heteroatoms. The number of nitrogens with one attached hydrogen (secondary N) is 1. The molecule has 1 fully saturated rings. The molecule has 0 spiro atoms. The summed E-state index contributed by atoms with van der Waals surface area (Å²) in [5.74, 6) is 0.208. The van der Waals surface area contributed by atoms with Crippen molar-refractivity contribution in [1.29, 1.82) is 0 Å². The van der Waals surface area contributed by atoms with Gasteiger partial charge < -0.3 is 10.4 Å². The Morgan fingerprint density at radius 1 is 1.50 bits per heavy atom. The first-order chi connectivity index (χ1) is 7.54. The zero-order valence-corrected chi connectivity index (χ0v) is 10.5. The van der Waals surface area contributed by atoms with Crippen LogP contribution in [0.2, 0.25) is 5.02 Å². The Kier molecular flexibility index (Phi) is 3.24. The molecule has 0 aliphatic carbocycles. The molecular weight excluding hydrogens is 222 g/mol. The van der Waals surface area contributed by atoms with Gasteiger partial charge in [-0.3, -0.25) is 0 Å². The fourth-order valence-electron chi connectivity index (χ4n) is 2.30. The van der Waals surface area contributed by atoms with Gasteiger partial charge in [0.25, 0.3) is 0 Å². The lowest BCUT2D eigenvalue weighted by Crippen LogP contribution is -2.46. The second kappa shape index (κ2) is 4.36. The molecule has 1 aliphatic rings. The highest BCUT2D eigenvalue weighted by Crippen LogP contribution is 2.36. The van der Waals surface area contributed by atoms with E-state index in [4.69, 9.17) is 11.6 Å². The zero-order chi connectivity index (χ0) is 11.8. The zero-order valence-electron chi connectivity index (χ0n) is 9.76. The lowest BCUT2D eigenvalue weighted by Gasteiger charge is -2.39. The second-order valence-electron chi connectivity index (χ2n) is 4.74. The monoisotopic (exact) mass is 239 g/mol. The van der Waals surface area contributed by atoms with E-state index in [0.29, 0.717) is 0 Å². The predicted octanol–water partition coefficient (Wildman–Crippen LogP) is 2.47. The average Bonchev–Trinajstić information content (AvgIpc) is 2.26. The topological polar surface area (TPSA) is 32.3 Å². The van der Waals surface area contributed by atoms with E-state index in [1.807, 2.05) is 25.1 Å². The van der Waals surface area contributed by atoms with Gasteiger partial charge in [-0.15, -0.1) is 0 Å². The van der Waals surface area contributed by atoms with Crippen LogP contribution in [0.1, 0.15) is 24.5 Å². The molecule has 2 rings (SSSR count). The van der Waals surface area contributed by atoms with Crippen LogP contribution < -0.4 is 5.32 Å². The van der Waals surface area contributed by atoms with Crippen molar-refractivity contribution >= 4 is 11.6 Å². The largest absolute Gasteiger partial charge is 0.385 e. The molecule has 1 aromatic carbocycles. The minimum absolute atomic E-state index is 0.208. The first-order valence-corrected chi connectivity index (χ1v) is 6.11. The van der Waals surface area contributed by atoms with Crippen LogP contribution in [0.5, 0.6) is 0 Å². The van der Waals surface area contributed by atoms with Crippen molar-refractivity contribution < 1.29 is 5.11 Å². The molecule has 88 valence electrons. The van der Waals surface area contributed by atoms with Gasteiger partial charge in [0.15, 0.2) is 0 Å². The summed E-state index contributed by atoms with van der Waals surface area (Å²) in [5, 5.41) is 14.8. The van der Waals surface area contributed by atoms with Crippen LogP contribution in [0, 0.1) is 12.8 Å². The predicted molar refractivity (Wildman–Crippen MR) is 66.7 cm³/mol. The van der Waals surface area contributed by atoms with Gasteiger partial charge in [-0.25, -0.2) is 0 Å². The molecule has 16 heavy (non-hydrogen) atoms. The van der Waals surface area contributed by atoms with E-state index in [2.05, 4.69) is 12.2 Å². The van der Waals surface area contributed by atoms with Crippen LogP contribution in [0.15, 0.2) is 18.2 Å². The first kappa shape index (κ1) is 11.9. The summed E-state index contributed by atoms with van der Waals surface area (Å²) in [6, 6.07) is 5.87. The summed E-state index contributed by atoms with van der Waals surface area (Å²) < 4.78 is 0. The maximum absolute atomic E-state index is 10.7. The molecule has 0 aromatic heterocycles. The number of hydrogen-bond donors (Lipinski definition) is 2. The van der Waals surface area contributed by atoms with E-state index in [1.165, 1.54) is 0 Å². The van der Waals surface area contributed by atoms with E-state index in [-0.39, 0.29) is 5.92 Å². The Bertz CT molecular complexity index is 394. The van der Waals surface area contributed by atoms with Gasteiger partial charge in [-0.05, 0) is 37.1 Å². The fourth-order valence-corrected chi connectivity index (χ4v) is 2.48. The minimum atomic E-state index is -0.734. The smallest absolute Gasteiger partial charge is 0.0946 e. The number of halogens is 1. The van der Waals surface area contributed by atoms with Gasteiger partial charge in [0.2, 0.25) is 0 Å². The number of aliphatic hydroxyl groups is 1. The molecule has 0 amide bonds. The molecule has 1 aromatic rings. The summed E-state index contributed by atoms with van der Waals surface area (Å²) in [5.41, 5.74) is 1.26. The number of rotatable bonds is 1. The fraction of sp³-hybridized carbons (Fsp3) is 0.538. The maximum Gasteiger partial charge on any atom is 0.0946 e. The second-order valence-corrected chi connectivity index (χ2v) is 5.15. The summed E-state index contributed by atoms with van der Waals surface area (Å²) in [6.45, 7) is 5.75. The maximum atomic E-state index is 10.7. The number of benzene rings is 1. The minimum Gasteiger partial charge on any atom is -0.385 e. The van der Waals surface area contributed by atoms with E-state index in [0.717, 1.165) is 35.7 Å². The van der Waals surface area contributed by atoms with Crippen molar-refractivity contribution in [3.05, 3.63) is 34.3 Å². The molecule has 2 unspecified atom stereocenters. The Balaban J connectivity index is 2.37. The third-order valence-corrected chi connectivity index (χ3v) is 4.03. The van der Waals surface area contributed by atoms with Crippen molar-refractivity contribution in [3.8, 4) is 0 Å². The van der Waals surface area contributed by atoms with Gasteiger partial charge >= 0.3 is 0 Å². The number of piperidine rings is 1. The molecule has 1 heterocycles. The van der Waals surface area contributed by atoms with Crippen molar-refractivity contribution in [2.45, 2.75) is 25.9 Å². The quantitative estimate of drug-likeness (QED) is 0.789. The highest BCUT2D eigenvalue weighted by atomic mass is 35.5. The van der Waals surface area contributed by atoms with Gasteiger partial charge in [0.05, 0.1) is 5.60 Å². The standard InChI is InChI=1S/C13H18ClNO/c1-9-3-4-11(7-12(9)14)13(16)5-6-15-8-10(13)2/h3-4,7,10,15-16H,5-6,8H2,1-2H3. The first-order valence-electron chi connectivity index (χ1n) is 5.74. The van der Waals surface area contributed by atoms with E-state index in [1.54, 1.807) is 0 Å². The molecule has 2 N–H and O–H groups in total. The Morgan fingerprint density at radius 2 is 2.25 bits per heavy atom. The van der Waals surface area contributed by atoms with Crippen molar-refractivity contribution in [3.63, 3.8) is 0 Å². The molecule has 2 atom stereocenters. The summed E-state index contributed by atoms with van der Waals surface area (Å²) in [7, 11) is 0. The molecule has 1 saturated heterocycles. The lowest BCUT2D eigenvalue weighted by atomic mass is 9.77. The van der Waals surface area contributed by atoms with Gasteiger partial charge in [-0.2, -0.15) is 0 Å². The highest BCUT2D eigenvalue weighted by Gasteiger charge is 2.37. The lowest BCUT2D eigenvalue weighted by molar-refractivity contribution is -0.0392. The molecule has 1 aliphatic heterocycles. The summed E-state index contributed by atoms with van der Waals surface area (Å²) in [4.78, 5) is 0. The Labute approximate surface area is 102 Å². The van der Waals surface area contributed by atoms with Crippen molar-refractivity contribution in [1.82, 2.24) is 5.32 Å². The third-order valence-electron chi connectivity index (χ3n) is 3.62. The SMILES string of the molecule is Cc1ccc(C2(O)CCNCC2C)cc1Cl. The van der Waals surface area contributed by atoms with Crippen LogP contribution in [-0.2, 0) is 5.60 Å². The normalized spacial score (nSPS) is 30.4. The third kappa shape index (κ3) is 1.97.